The van der Waals surface area contributed by atoms with Gasteiger partial charge in [-0.1, -0.05) is 6.92 Å². The summed E-state index contributed by atoms with van der Waals surface area (Å²) in [6.45, 7) is 3.53. The molecule has 0 amide bonds. The van der Waals surface area contributed by atoms with E-state index in [1.165, 1.54) is 24.3 Å². The number of carbonyl (C=O) groups is 2. The smallest absolute Gasteiger partial charge is 0.355 e. The molecule has 0 aliphatic carbocycles. The van der Waals surface area contributed by atoms with Crippen LogP contribution in [0.3, 0.4) is 0 Å². The molecule has 118 valence electrons. The van der Waals surface area contributed by atoms with Crippen molar-refractivity contribution < 1.29 is 19.4 Å². The third-order valence-electron chi connectivity index (χ3n) is 2.79. The maximum absolute atomic E-state index is 12.0. The number of nitrogen functional groups attached to an aromatic ring is 1. The van der Waals surface area contributed by atoms with Crippen LogP contribution in [0.15, 0.2) is 40.8 Å². The van der Waals surface area contributed by atoms with Crippen molar-refractivity contribution in [1.82, 2.24) is 0 Å². The molecule has 0 aromatic heterocycles. The van der Waals surface area contributed by atoms with Gasteiger partial charge < -0.3 is 20.9 Å². The van der Waals surface area contributed by atoms with Crippen LogP contribution in [0.5, 0.6) is 0 Å². The van der Waals surface area contributed by atoms with Crippen LogP contribution in [-0.4, -0.2) is 23.1 Å². The number of carboxylic acids is 1. The second kappa shape index (κ2) is 7.82. The topological polar surface area (TPSA) is 119 Å². The number of nitrogens with two attached hydrogens (primary N) is 1. The maximum Gasteiger partial charge on any atom is 0.355 e. The third-order valence-corrected chi connectivity index (χ3v) is 2.79. The first-order valence-electron chi connectivity index (χ1n) is 6.66. The molecule has 0 saturated heterocycles. The molecular weight excluding hydrogens is 288 g/mol. The Morgan fingerprint density at radius 1 is 1.36 bits per heavy atom. The van der Waals surface area contributed by atoms with Gasteiger partial charge in [-0.25, -0.2) is 9.59 Å². The minimum atomic E-state index is -1.30. The first-order chi connectivity index (χ1) is 10.3. The Kier molecular flexibility index (Phi) is 6.12. The van der Waals surface area contributed by atoms with Gasteiger partial charge in [0.1, 0.15) is 5.70 Å². The first-order valence-corrected chi connectivity index (χ1v) is 6.66. The number of rotatable bonds is 6. The quantitative estimate of drug-likeness (QED) is 0.536. The zero-order chi connectivity index (χ0) is 16.7. The van der Waals surface area contributed by atoms with Crippen molar-refractivity contribution in [3.05, 3.63) is 46.3 Å². The average molecular weight is 306 g/mol. The van der Waals surface area contributed by atoms with Crippen LogP contribution in [0.25, 0.3) is 0 Å². The number of hydrogen-bond acceptors (Lipinski definition) is 6. The molecule has 1 atom stereocenters. The lowest BCUT2D eigenvalue weighted by molar-refractivity contribution is -0.144. The first kappa shape index (κ1) is 17.2. The van der Waals surface area contributed by atoms with Crippen LogP contribution in [0.4, 0.5) is 11.4 Å². The van der Waals surface area contributed by atoms with Gasteiger partial charge in [0.05, 0.1) is 17.9 Å². The lowest BCUT2D eigenvalue weighted by Gasteiger charge is -2.13. The number of aliphatic carboxylic acids is 1. The minimum absolute atomic E-state index is 0.0407. The Balaban J connectivity index is 3.05. The zero-order valence-corrected chi connectivity index (χ0v) is 12.3. The summed E-state index contributed by atoms with van der Waals surface area (Å²) >= 11 is 0. The van der Waals surface area contributed by atoms with Crippen LogP contribution in [-0.2, 0) is 14.3 Å². The maximum atomic E-state index is 12.0. The van der Waals surface area contributed by atoms with Gasteiger partial charge in [-0.2, -0.15) is 0 Å². The summed E-state index contributed by atoms with van der Waals surface area (Å²) in [5.74, 6) is -2.09. The van der Waals surface area contributed by atoms with E-state index in [0.29, 0.717) is 18.2 Å². The van der Waals surface area contributed by atoms with Crippen molar-refractivity contribution in [2.75, 3.05) is 11.1 Å². The van der Waals surface area contributed by atoms with Gasteiger partial charge in [0.25, 0.3) is 0 Å². The van der Waals surface area contributed by atoms with Crippen LogP contribution >= 0.6 is 0 Å². The van der Waals surface area contributed by atoms with Gasteiger partial charge in [-0.15, -0.1) is 0 Å². The Labute approximate surface area is 127 Å². The van der Waals surface area contributed by atoms with Gasteiger partial charge in [-0.05, 0) is 37.6 Å². The van der Waals surface area contributed by atoms with Crippen LogP contribution in [0, 0.1) is 0 Å². The lowest BCUT2D eigenvalue weighted by Crippen LogP contribution is -2.20. The Hall–Kier alpha value is -2.83. The molecule has 1 rings (SSSR count). The second-order valence-corrected chi connectivity index (χ2v) is 4.59. The summed E-state index contributed by atoms with van der Waals surface area (Å²) in [7, 11) is 0. The van der Waals surface area contributed by atoms with Crippen molar-refractivity contribution in [3.63, 3.8) is 0 Å². The summed E-state index contributed by atoms with van der Waals surface area (Å²) < 4.78 is 5.09. The highest BCUT2D eigenvalue weighted by molar-refractivity contribution is 5.98. The summed E-state index contributed by atoms with van der Waals surface area (Å²) in [6.07, 6.45) is 0.962. The molecule has 0 bridgehead atoms. The Morgan fingerprint density at radius 3 is 2.59 bits per heavy atom. The molecule has 1 aromatic carbocycles. The van der Waals surface area contributed by atoms with E-state index >= 15 is 0 Å². The molecule has 1 aromatic rings. The number of nitrogens with one attached hydrogen (secondary N) is 1. The van der Waals surface area contributed by atoms with Gasteiger partial charge in [-0.3, -0.25) is 4.79 Å². The SMILES string of the molecule is CCC(C)OC(=O)C(=CC(=O)O)Nc1ccc(N)c(=O)cc1. The van der Waals surface area contributed by atoms with Gasteiger partial charge in [0.15, 0.2) is 0 Å². The van der Waals surface area contributed by atoms with E-state index in [1.807, 2.05) is 6.92 Å². The van der Waals surface area contributed by atoms with Crippen LogP contribution in [0.1, 0.15) is 20.3 Å². The highest BCUT2D eigenvalue weighted by Crippen LogP contribution is 2.11. The normalized spacial score (nSPS) is 12.4. The summed E-state index contributed by atoms with van der Waals surface area (Å²) in [6, 6.07) is 5.44. The molecule has 1 unspecified atom stereocenters. The van der Waals surface area contributed by atoms with E-state index in [1.54, 1.807) is 6.92 Å². The standard InChI is InChI=1S/C15H18N2O5/c1-3-9(2)22-15(21)12(8-14(19)20)17-10-4-6-11(16)13(18)7-5-10/h4-9,17H,3H2,1-2H3,(H2,16,18)(H,19,20). The number of anilines is 2. The summed E-state index contributed by atoms with van der Waals surface area (Å²) in [5.41, 5.74) is 5.24. The predicted octanol–water partition coefficient (Wildman–Crippen LogP) is 1.35. The molecule has 0 saturated carbocycles. The monoisotopic (exact) mass is 306 g/mol. The predicted molar refractivity (Wildman–Crippen MR) is 82.3 cm³/mol. The molecule has 0 aliphatic heterocycles. The molecular formula is C15H18N2O5. The highest BCUT2D eigenvalue weighted by atomic mass is 16.5. The number of carbonyl (C=O) groups excluding carboxylic acids is 1. The molecule has 7 nitrogen and oxygen atoms in total. The largest absolute Gasteiger partial charge is 0.478 e. The second-order valence-electron chi connectivity index (χ2n) is 4.59. The number of ether oxygens (including phenoxy) is 1. The van der Waals surface area contributed by atoms with Crippen LogP contribution < -0.4 is 16.5 Å². The molecule has 7 heteroatoms. The van der Waals surface area contributed by atoms with Crippen molar-refractivity contribution in [2.24, 2.45) is 0 Å². The summed E-state index contributed by atoms with van der Waals surface area (Å²) in [5, 5.41) is 11.5. The Morgan fingerprint density at radius 2 is 2.00 bits per heavy atom. The molecule has 4 N–H and O–H groups in total. The van der Waals surface area contributed by atoms with Crippen molar-refractivity contribution in [2.45, 2.75) is 26.4 Å². The third kappa shape index (κ3) is 5.28. The molecule has 22 heavy (non-hydrogen) atoms. The fourth-order valence-corrected chi connectivity index (χ4v) is 1.42. The van der Waals surface area contributed by atoms with E-state index in [-0.39, 0.29) is 22.9 Å². The van der Waals surface area contributed by atoms with Gasteiger partial charge >= 0.3 is 11.9 Å². The van der Waals surface area contributed by atoms with E-state index in [2.05, 4.69) is 5.32 Å². The van der Waals surface area contributed by atoms with Crippen molar-refractivity contribution in [3.8, 4) is 0 Å². The molecule has 0 fully saturated rings. The number of esters is 1. The molecule has 0 spiro atoms. The van der Waals surface area contributed by atoms with Crippen molar-refractivity contribution >= 4 is 23.3 Å². The van der Waals surface area contributed by atoms with Gasteiger partial charge in [0.2, 0.25) is 5.43 Å². The van der Waals surface area contributed by atoms with Crippen LogP contribution in [0.2, 0.25) is 0 Å². The minimum Gasteiger partial charge on any atom is -0.478 e. The fraction of sp³-hybridized carbons (Fsp3) is 0.267. The average Bonchev–Trinajstić information content (AvgIpc) is 2.61. The van der Waals surface area contributed by atoms with E-state index < -0.39 is 11.9 Å². The van der Waals surface area contributed by atoms with Gasteiger partial charge in [0, 0.05) is 5.69 Å². The fourth-order valence-electron chi connectivity index (χ4n) is 1.42. The molecule has 0 radical (unpaired) electrons. The van der Waals surface area contributed by atoms with E-state index in [4.69, 9.17) is 15.6 Å². The number of carboxylic acid groups (broad SMARTS) is 1. The molecule has 0 aliphatic rings. The highest BCUT2D eigenvalue weighted by Gasteiger charge is 2.16. The summed E-state index contributed by atoms with van der Waals surface area (Å²) in [4.78, 5) is 34.2. The van der Waals surface area contributed by atoms with E-state index in [9.17, 15) is 14.4 Å². The molecule has 0 heterocycles. The Bertz CT molecular complexity index is 655. The zero-order valence-electron chi connectivity index (χ0n) is 12.3. The lowest BCUT2D eigenvalue weighted by atomic mass is 10.3. The number of hydrogen-bond donors (Lipinski definition) is 3. The van der Waals surface area contributed by atoms with Crippen molar-refractivity contribution in [1.29, 1.82) is 0 Å². The van der Waals surface area contributed by atoms with E-state index in [0.717, 1.165) is 0 Å².